The van der Waals surface area contributed by atoms with E-state index in [-0.39, 0.29) is 11.8 Å². The van der Waals surface area contributed by atoms with Crippen molar-refractivity contribution in [3.05, 3.63) is 83.9 Å². The van der Waals surface area contributed by atoms with Crippen molar-refractivity contribution in [2.45, 2.75) is 38.8 Å². The summed E-state index contributed by atoms with van der Waals surface area (Å²) in [6, 6.07) is 22.0. The van der Waals surface area contributed by atoms with Crippen molar-refractivity contribution in [2.24, 2.45) is 5.92 Å². The van der Waals surface area contributed by atoms with Crippen LogP contribution in [0.1, 0.15) is 36.9 Å². The zero-order valence-corrected chi connectivity index (χ0v) is 20.7. The molecule has 2 fully saturated rings. The fraction of sp³-hybridized carbons (Fsp3) is 0.310. The number of methoxy groups -OCH3 is 1. The van der Waals surface area contributed by atoms with Gasteiger partial charge in [0, 0.05) is 0 Å². The van der Waals surface area contributed by atoms with Crippen molar-refractivity contribution in [1.82, 2.24) is 0 Å². The van der Waals surface area contributed by atoms with Gasteiger partial charge in [-0.2, -0.15) is 0 Å². The summed E-state index contributed by atoms with van der Waals surface area (Å²) in [7, 11) is 1.60. The van der Waals surface area contributed by atoms with Gasteiger partial charge in [0.05, 0.1) is 31.1 Å². The van der Waals surface area contributed by atoms with Crippen LogP contribution in [-0.4, -0.2) is 31.6 Å². The average Bonchev–Trinajstić information content (AvgIpc) is 3.40. The maximum atomic E-state index is 13.8. The number of fused-ring (bicyclic) bond motifs is 1. The fourth-order valence-corrected chi connectivity index (χ4v) is 4.89. The predicted molar refractivity (Wildman–Crippen MR) is 137 cm³/mol. The van der Waals surface area contributed by atoms with E-state index in [1.165, 1.54) is 4.90 Å². The van der Waals surface area contributed by atoms with Gasteiger partial charge in [0.15, 0.2) is 17.6 Å². The molecule has 5 rings (SSSR count). The third kappa shape index (κ3) is 4.20. The molecule has 0 bridgehead atoms. The molecule has 2 aliphatic heterocycles. The first-order valence-corrected chi connectivity index (χ1v) is 12.3. The van der Waals surface area contributed by atoms with Crippen molar-refractivity contribution in [2.75, 3.05) is 23.7 Å². The molecule has 186 valence electrons. The summed E-state index contributed by atoms with van der Waals surface area (Å²) in [6.07, 6.45) is 1.05. The maximum Gasteiger partial charge on any atom is 0.266 e. The summed E-state index contributed by atoms with van der Waals surface area (Å²) in [5.74, 6) is -0.124. The molecule has 2 heterocycles. The first-order valence-electron chi connectivity index (χ1n) is 12.3. The van der Waals surface area contributed by atoms with Crippen LogP contribution in [0.3, 0.4) is 0 Å². The minimum atomic E-state index is -0.922. The Kier molecular flexibility index (Phi) is 6.65. The molecule has 3 aromatic rings. The number of unbranched alkanes of at least 4 members (excludes halogenated alkanes) is 1. The Labute approximate surface area is 211 Å². The van der Waals surface area contributed by atoms with E-state index < -0.39 is 18.1 Å². The van der Waals surface area contributed by atoms with Gasteiger partial charge in [0.1, 0.15) is 5.92 Å². The highest BCUT2D eigenvalue weighted by Gasteiger charge is 2.60. The maximum absolute atomic E-state index is 13.8. The van der Waals surface area contributed by atoms with Gasteiger partial charge in [-0.05, 0) is 60.9 Å². The molecule has 0 spiro atoms. The number of aryl methyl sites for hydroxylation is 1. The summed E-state index contributed by atoms with van der Waals surface area (Å²) in [5, 5.41) is 1.69. The second-order valence-electron chi connectivity index (χ2n) is 9.12. The number of carbonyl (C=O) groups excluding carboxylic acids is 2. The number of ether oxygens (including phenoxy) is 2. The third-order valence-corrected chi connectivity index (χ3v) is 6.67. The molecule has 2 amide bonds. The Bertz CT molecular complexity index is 1260. The number of anilines is 2. The molecule has 0 N–H and O–H groups in total. The van der Waals surface area contributed by atoms with Gasteiger partial charge in [-0.25, -0.2) is 9.96 Å². The number of hydrogen-bond donors (Lipinski definition) is 0. The van der Waals surface area contributed by atoms with Crippen LogP contribution in [0.2, 0.25) is 0 Å². The van der Waals surface area contributed by atoms with Crippen molar-refractivity contribution in [3.63, 3.8) is 0 Å². The van der Waals surface area contributed by atoms with Gasteiger partial charge in [0.25, 0.3) is 5.91 Å². The van der Waals surface area contributed by atoms with Crippen LogP contribution in [0, 0.1) is 12.8 Å². The molecule has 7 heteroatoms. The molecular weight excluding hydrogens is 456 g/mol. The molecule has 0 unspecified atom stereocenters. The van der Waals surface area contributed by atoms with Crippen LogP contribution in [-0.2, 0) is 14.4 Å². The number of nitrogens with zero attached hydrogens (tertiary/aromatic N) is 2. The lowest BCUT2D eigenvalue weighted by molar-refractivity contribution is -0.126. The molecule has 0 aliphatic carbocycles. The molecule has 0 radical (unpaired) electrons. The molecule has 0 saturated carbocycles. The van der Waals surface area contributed by atoms with E-state index >= 15 is 0 Å². The van der Waals surface area contributed by atoms with Crippen LogP contribution in [0.5, 0.6) is 11.5 Å². The Morgan fingerprint density at radius 1 is 0.889 bits per heavy atom. The highest BCUT2D eigenvalue weighted by atomic mass is 16.7. The predicted octanol–water partition coefficient (Wildman–Crippen LogP) is 5.23. The zero-order chi connectivity index (χ0) is 25.2. The molecule has 3 atom stereocenters. The van der Waals surface area contributed by atoms with E-state index in [4.69, 9.17) is 14.3 Å². The second kappa shape index (κ2) is 10.0. The SMILES string of the molecule is CCCCOc1ccc([C@@H]2[C@H]3C(=O)N(c4cccc(C)c4)C(=O)[C@H]3ON2c2ccccc2)cc1OC. The molecule has 2 aliphatic rings. The lowest BCUT2D eigenvalue weighted by atomic mass is 9.90. The van der Waals surface area contributed by atoms with Gasteiger partial charge in [-0.15, -0.1) is 0 Å². The molecule has 0 aromatic heterocycles. The first kappa shape index (κ1) is 23.9. The Balaban J connectivity index is 1.55. The molecule has 2 saturated heterocycles. The molecule has 7 nitrogen and oxygen atoms in total. The largest absolute Gasteiger partial charge is 0.493 e. The highest BCUT2D eigenvalue weighted by molar-refractivity contribution is 6.24. The first-order chi connectivity index (χ1) is 17.5. The lowest BCUT2D eigenvalue weighted by Gasteiger charge is -2.29. The van der Waals surface area contributed by atoms with E-state index in [1.54, 1.807) is 18.2 Å². The number of hydroxylamine groups is 1. The van der Waals surface area contributed by atoms with Gasteiger partial charge >= 0.3 is 0 Å². The summed E-state index contributed by atoms with van der Waals surface area (Å²) in [4.78, 5) is 34.8. The number of benzene rings is 3. The fourth-order valence-electron chi connectivity index (χ4n) is 4.89. The summed E-state index contributed by atoms with van der Waals surface area (Å²) < 4.78 is 11.5. The second-order valence-corrected chi connectivity index (χ2v) is 9.12. The van der Waals surface area contributed by atoms with Crippen LogP contribution < -0.4 is 19.4 Å². The van der Waals surface area contributed by atoms with E-state index in [0.717, 1.165) is 29.7 Å². The Morgan fingerprint density at radius 3 is 2.39 bits per heavy atom. The summed E-state index contributed by atoms with van der Waals surface area (Å²) in [6.45, 7) is 4.64. The lowest BCUT2D eigenvalue weighted by Crippen LogP contribution is -2.37. The highest BCUT2D eigenvalue weighted by Crippen LogP contribution is 2.48. The van der Waals surface area contributed by atoms with Crippen LogP contribution >= 0.6 is 0 Å². The summed E-state index contributed by atoms with van der Waals surface area (Å²) >= 11 is 0. The molecule has 3 aromatic carbocycles. The van der Waals surface area contributed by atoms with Crippen LogP contribution in [0.15, 0.2) is 72.8 Å². The van der Waals surface area contributed by atoms with E-state index in [0.29, 0.717) is 23.8 Å². The number of para-hydroxylation sites is 1. The van der Waals surface area contributed by atoms with Gasteiger partial charge in [0.2, 0.25) is 5.91 Å². The van der Waals surface area contributed by atoms with E-state index in [9.17, 15) is 9.59 Å². The van der Waals surface area contributed by atoms with E-state index in [1.807, 2.05) is 73.7 Å². The number of amides is 2. The Hall–Kier alpha value is -3.84. The minimum absolute atomic E-state index is 0.277. The quantitative estimate of drug-likeness (QED) is 0.321. The van der Waals surface area contributed by atoms with Gasteiger partial charge in [-0.3, -0.25) is 14.4 Å². The number of rotatable bonds is 8. The van der Waals surface area contributed by atoms with Gasteiger partial charge in [-0.1, -0.05) is 49.7 Å². The van der Waals surface area contributed by atoms with Crippen LogP contribution in [0.4, 0.5) is 11.4 Å². The third-order valence-electron chi connectivity index (χ3n) is 6.67. The van der Waals surface area contributed by atoms with Crippen LogP contribution in [0.25, 0.3) is 0 Å². The molecular formula is C29H30N2O5. The number of carbonyl (C=O) groups is 2. The normalized spacial score (nSPS) is 21.1. The number of imide groups is 1. The van der Waals surface area contributed by atoms with Crippen molar-refractivity contribution in [3.8, 4) is 11.5 Å². The number of hydrogen-bond acceptors (Lipinski definition) is 6. The smallest absolute Gasteiger partial charge is 0.266 e. The van der Waals surface area contributed by atoms with Crippen molar-refractivity contribution < 1.29 is 23.9 Å². The van der Waals surface area contributed by atoms with Crippen molar-refractivity contribution >= 4 is 23.2 Å². The topological polar surface area (TPSA) is 68.3 Å². The summed E-state index contributed by atoms with van der Waals surface area (Å²) in [5.41, 5.74) is 3.10. The monoisotopic (exact) mass is 486 g/mol. The standard InChI is InChI=1S/C29H30N2O5/c1-4-5-16-35-23-15-14-20(18-24(23)34-3)26-25-27(36-31(26)21-11-7-6-8-12-21)29(33)30(28(25)32)22-13-9-10-19(2)17-22/h6-15,17-18,25-27H,4-5,16H2,1-3H3/t25-,26-,27+/m1/s1. The average molecular weight is 487 g/mol. The minimum Gasteiger partial charge on any atom is -0.493 e. The Morgan fingerprint density at radius 2 is 1.67 bits per heavy atom. The molecule has 36 heavy (non-hydrogen) atoms. The zero-order valence-electron chi connectivity index (χ0n) is 20.7. The van der Waals surface area contributed by atoms with Crippen molar-refractivity contribution in [1.29, 1.82) is 0 Å². The van der Waals surface area contributed by atoms with E-state index in [2.05, 4.69) is 6.92 Å². The van der Waals surface area contributed by atoms with Gasteiger partial charge < -0.3 is 9.47 Å².